The lowest BCUT2D eigenvalue weighted by atomic mass is 10.1. The number of hydrogen-bond acceptors (Lipinski definition) is 3. The average Bonchev–Trinajstić information content (AvgIpc) is 2.60. The highest BCUT2D eigenvalue weighted by Gasteiger charge is 2.03. The van der Waals surface area contributed by atoms with Crippen LogP contribution >= 0.6 is 15.9 Å². The summed E-state index contributed by atoms with van der Waals surface area (Å²) in [4.78, 5) is 13.4. The van der Waals surface area contributed by atoms with Gasteiger partial charge < -0.3 is 9.42 Å². The van der Waals surface area contributed by atoms with Crippen LogP contribution in [0.3, 0.4) is 0 Å². The Kier molecular flexibility index (Phi) is 3.43. The predicted octanol–water partition coefficient (Wildman–Crippen LogP) is 1.04. The normalized spacial score (nSPS) is 11.8. The summed E-state index contributed by atoms with van der Waals surface area (Å²) in [5.74, 6) is 0. The van der Waals surface area contributed by atoms with E-state index in [0.29, 0.717) is 10.6 Å². The lowest BCUT2D eigenvalue weighted by Gasteiger charge is -2.14. The van der Waals surface area contributed by atoms with E-state index in [4.69, 9.17) is 0 Å². The van der Waals surface area contributed by atoms with Gasteiger partial charge in [-0.2, -0.15) is 0 Å². The molecule has 0 unspecified atom stereocenters. The van der Waals surface area contributed by atoms with Crippen molar-refractivity contribution in [3.8, 4) is 0 Å². The lowest BCUT2D eigenvalue weighted by molar-refractivity contribution is 0.386. The summed E-state index contributed by atoms with van der Waals surface area (Å²) in [6, 6.07) is 5.86. The smallest absolute Gasteiger partial charge is 0.365 e. The number of rotatable bonds is 2. The minimum absolute atomic E-state index is 0.409. The van der Waals surface area contributed by atoms with E-state index in [2.05, 4.69) is 32.2 Å². The molecule has 0 aliphatic rings. The fourth-order valence-corrected chi connectivity index (χ4v) is 2.38. The summed E-state index contributed by atoms with van der Waals surface area (Å²) in [5, 5.41) is 3.38. The van der Waals surface area contributed by atoms with Crippen LogP contribution in [0.2, 0.25) is 0 Å². The Morgan fingerprint density at radius 2 is 2.17 bits per heavy atom. The van der Waals surface area contributed by atoms with E-state index in [1.165, 1.54) is 0 Å². The molecule has 1 N–H and O–H groups in total. The van der Waals surface area contributed by atoms with Crippen LogP contribution in [-0.2, 0) is 0 Å². The van der Waals surface area contributed by atoms with Crippen molar-refractivity contribution in [3.05, 3.63) is 49.2 Å². The van der Waals surface area contributed by atoms with Gasteiger partial charge in [0.15, 0.2) is 0 Å². The zero-order chi connectivity index (χ0) is 13.3. The second kappa shape index (κ2) is 4.86. The summed E-state index contributed by atoms with van der Waals surface area (Å²) in [6.45, 7) is 3.71. The van der Waals surface area contributed by atoms with Gasteiger partial charge in [-0.1, -0.05) is 12.6 Å². The van der Waals surface area contributed by atoms with E-state index in [0.717, 1.165) is 15.7 Å². The molecule has 0 spiro atoms. The molecule has 0 aliphatic heterocycles. The maximum Gasteiger partial charge on any atom is 0.365 e. The van der Waals surface area contributed by atoms with Gasteiger partial charge in [0.1, 0.15) is 0 Å². The molecular formula is C13H13BrN2O2. The number of hydrogen-bond donors (Lipinski definition) is 1. The number of benzene rings is 1. The van der Waals surface area contributed by atoms with E-state index in [1.807, 2.05) is 37.2 Å². The van der Waals surface area contributed by atoms with Crippen LogP contribution in [0.25, 0.3) is 12.7 Å². The van der Waals surface area contributed by atoms with Gasteiger partial charge in [-0.25, -0.2) is 9.95 Å². The van der Waals surface area contributed by atoms with Crippen LogP contribution in [0.15, 0.2) is 32.0 Å². The van der Waals surface area contributed by atoms with Gasteiger partial charge in [0.05, 0.1) is 16.3 Å². The predicted molar refractivity (Wildman–Crippen MR) is 76.1 cm³/mol. The molecule has 2 rings (SSSR count). The maximum absolute atomic E-state index is 11.4. The molecule has 0 saturated heterocycles. The third-order valence-electron chi connectivity index (χ3n) is 2.58. The van der Waals surface area contributed by atoms with Crippen LogP contribution in [-0.4, -0.2) is 19.3 Å². The van der Waals surface area contributed by atoms with Crippen molar-refractivity contribution >= 4 is 34.3 Å². The van der Waals surface area contributed by atoms with Crippen molar-refractivity contribution in [2.75, 3.05) is 19.0 Å². The summed E-state index contributed by atoms with van der Waals surface area (Å²) >= 11 is 3.50. The zero-order valence-electron chi connectivity index (χ0n) is 10.2. The molecule has 4 nitrogen and oxygen atoms in total. The van der Waals surface area contributed by atoms with Gasteiger partial charge in [0.25, 0.3) is 0 Å². The Morgan fingerprint density at radius 3 is 2.67 bits per heavy atom. The molecule has 0 saturated carbocycles. The first-order valence-corrected chi connectivity index (χ1v) is 6.13. The summed E-state index contributed by atoms with van der Waals surface area (Å²) in [6.07, 6.45) is 1.74. The monoisotopic (exact) mass is 308 g/mol. The van der Waals surface area contributed by atoms with Crippen molar-refractivity contribution < 1.29 is 4.52 Å². The highest BCUT2D eigenvalue weighted by Crippen LogP contribution is 2.25. The Morgan fingerprint density at radius 1 is 1.44 bits per heavy atom. The van der Waals surface area contributed by atoms with Gasteiger partial charge in [-0.05, 0) is 39.7 Å². The number of halogens is 1. The first-order valence-electron chi connectivity index (χ1n) is 5.34. The molecule has 0 amide bonds. The second-order valence-electron chi connectivity index (χ2n) is 4.13. The van der Waals surface area contributed by atoms with Crippen LogP contribution in [0.4, 0.5) is 5.69 Å². The Bertz CT molecular complexity index is 698. The fourth-order valence-electron chi connectivity index (χ4n) is 1.63. The molecular weight excluding hydrogens is 296 g/mol. The molecule has 18 heavy (non-hydrogen) atoms. The maximum atomic E-state index is 11.4. The number of anilines is 1. The lowest BCUT2D eigenvalue weighted by Crippen LogP contribution is -2.31. The van der Waals surface area contributed by atoms with Gasteiger partial charge >= 0.3 is 5.63 Å². The number of aromatic nitrogens is 1. The molecule has 0 atom stereocenters. The van der Waals surface area contributed by atoms with Gasteiger partial charge in [-0.15, -0.1) is 0 Å². The van der Waals surface area contributed by atoms with Crippen LogP contribution in [0.1, 0.15) is 5.56 Å². The van der Waals surface area contributed by atoms with E-state index in [-0.39, 0.29) is 0 Å². The van der Waals surface area contributed by atoms with E-state index in [1.54, 1.807) is 6.08 Å². The molecule has 1 aromatic carbocycles. The minimum Gasteiger partial charge on any atom is -0.377 e. The number of aromatic amines is 1. The molecule has 0 aliphatic carbocycles. The average molecular weight is 309 g/mol. The number of nitrogens with one attached hydrogen (secondary N) is 1. The molecule has 1 aromatic heterocycles. The largest absolute Gasteiger partial charge is 0.377 e. The van der Waals surface area contributed by atoms with Crippen molar-refractivity contribution in [3.63, 3.8) is 0 Å². The molecule has 94 valence electrons. The van der Waals surface area contributed by atoms with Crippen molar-refractivity contribution in [1.29, 1.82) is 0 Å². The highest BCUT2D eigenvalue weighted by molar-refractivity contribution is 9.10. The van der Waals surface area contributed by atoms with Crippen LogP contribution in [0.5, 0.6) is 0 Å². The SMILES string of the molecule is C=c1[nH]oc(=O)c1=Cc1ccc(N(C)C)c(Br)c1. The first-order chi connectivity index (χ1) is 8.49. The standard InChI is InChI=1S/C13H13BrN2O2/c1-8-10(13(17)18-15-8)6-9-4-5-12(16(2)3)11(14)7-9/h4-7,15H,1H2,2-3H3. The minimum atomic E-state index is -0.409. The van der Waals surface area contributed by atoms with E-state index < -0.39 is 5.63 Å². The van der Waals surface area contributed by atoms with Crippen molar-refractivity contribution in [1.82, 2.24) is 5.16 Å². The van der Waals surface area contributed by atoms with Crippen LogP contribution < -0.4 is 21.1 Å². The topological polar surface area (TPSA) is 49.2 Å². The van der Waals surface area contributed by atoms with E-state index >= 15 is 0 Å². The fraction of sp³-hybridized carbons (Fsp3) is 0.154. The van der Waals surface area contributed by atoms with Crippen molar-refractivity contribution in [2.45, 2.75) is 0 Å². The molecule has 5 heteroatoms. The summed E-state index contributed by atoms with van der Waals surface area (Å²) in [5.41, 5.74) is 1.57. The second-order valence-corrected chi connectivity index (χ2v) is 4.99. The van der Waals surface area contributed by atoms with E-state index in [9.17, 15) is 4.79 Å². The third-order valence-corrected chi connectivity index (χ3v) is 3.21. The number of H-pyrrole nitrogens is 1. The quantitative estimate of drug-likeness (QED) is 0.902. The van der Waals surface area contributed by atoms with Gasteiger partial charge in [-0.3, -0.25) is 0 Å². The third kappa shape index (κ3) is 2.41. The Hall–Kier alpha value is -1.75. The summed E-state index contributed by atoms with van der Waals surface area (Å²) < 4.78 is 5.63. The molecule has 0 radical (unpaired) electrons. The highest BCUT2D eigenvalue weighted by atomic mass is 79.9. The molecule has 2 aromatic rings. The molecule has 0 fully saturated rings. The number of nitrogens with zero attached hydrogens (tertiary/aromatic N) is 1. The van der Waals surface area contributed by atoms with Gasteiger partial charge in [0, 0.05) is 18.6 Å². The Labute approximate surface area is 112 Å². The Balaban J connectivity index is 2.56. The molecule has 0 bridgehead atoms. The van der Waals surface area contributed by atoms with Gasteiger partial charge in [0.2, 0.25) is 0 Å². The first kappa shape index (κ1) is 12.7. The zero-order valence-corrected chi connectivity index (χ0v) is 11.7. The molecule has 1 heterocycles. The van der Waals surface area contributed by atoms with Crippen LogP contribution in [0, 0.1) is 0 Å². The van der Waals surface area contributed by atoms with Crippen molar-refractivity contribution in [2.24, 2.45) is 0 Å². The summed E-state index contributed by atoms with van der Waals surface area (Å²) in [7, 11) is 3.94.